The van der Waals surface area contributed by atoms with Crippen LogP contribution in [-0.2, 0) is 6.54 Å². The largest absolute Gasteiger partial charge is 0.371 e. The van der Waals surface area contributed by atoms with Crippen LogP contribution in [0.5, 0.6) is 0 Å². The Hall–Kier alpha value is -2.35. The van der Waals surface area contributed by atoms with Gasteiger partial charge in [-0.1, -0.05) is 35.5 Å². The molecule has 0 aliphatic heterocycles. The molecule has 0 aliphatic carbocycles. The molecular formula is C11H11N5. The van der Waals surface area contributed by atoms with Crippen LogP contribution in [0.2, 0.25) is 0 Å². The van der Waals surface area contributed by atoms with Gasteiger partial charge in [-0.2, -0.15) is 5.26 Å². The van der Waals surface area contributed by atoms with E-state index in [2.05, 4.69) is 15.6 Å². The minimum Gasteiger partial charge on any atom is -0.371 e. The van der Waals surface area contributed by atoms with Crippen molar-refractivity contribution in [2.45, 2.75) is 6.54 Å². The van der Waals surface area contributed by atoms with Crippen LogP contribution in [0.1, 0.15) is 11.3 Å². The second-order valence-electron chi connectivity index (χ2n) is 3.29. The molecule has 2 aromatic rings. The Balaban J connectivity index is 2.29. The summed E-state index contributed by atoms with van der Waals surface area (Å²) in [5.74, 6) is 0.645. The van der Waals surface area contributed by atoms with Crippen LogP contribution in [0, 0.1) is 11.3 Å². The number of nitriles is 1. The normalized spacial score (nSPS) is 9.75. The lowest BCUT2D eigenvalue weighted by Crippen LogP contribution is -2.06. The summed E-state index contributed by atoms with van der Waals surface area (Å²) in [6, 6.07) is 11.9. The van der Waals surface area contributed by atoms with Gasteiger partial charge < -0.3 is 5.32 Å². The number of rotatable bonds is 3. The summed E-state index contributed by atoms with van der Waals surface area (Å²) in [6.45, 7) is 0.603. The van der Waals surface area contributed by atoms with E-state index in [9.17, 15) is 0 Å². The fourth-order valence-electron chi connectivity index (χ4n) is 1.50. The van der Waals surface area contributed by atoms with E-state index in [1.807, 2.05) is 36.4 Å². The van der Waals surface area contributed by atoms with Crippen molar-refractivity contribution in [2.24, 2.45) is 0 Å². The lowest BCUT2D eigenvalue weighted by molar-refractivity contribution is 0.655. The number of hydrogen-bond donors (Lipinski definition) is 1. The summed E-state index contributed by atoms with van der Waals surface area (Å²) in [4.78, 5) is 0. The molecule has 0 saturated carbocycles. The monoisotopic (exact) mass is 213 g/mol. The van der Waals surface area contributed by atoms with Crippen molar-refractivity contribution in [1.82, 2.24) is 15.0 Å². The zero-order valence-electron chi connectivity index (χ0n) is 8.88. The SMILES string of the molecule is CNc1c(C#N)nnn1Cc1ccccc1. The lowest BCUT2D eigenvalue weighted by Gasteiger charge is -2.05. The fraction of sp³-hybridized carbons (Fsp3) is 0.182. The first-order valence-corrected chi connectivity index (χ1v) is 4.90. The molecule has 0 saturated heterocycles. The van der Waals surface area contributed by atoms with Gasteiger partial charge in [-0.15, -0.1) is 5.10 Å². The highest BCUT2D eigenvalue weighted by Gasteiger charge is 2.10. The first-order valence-electron chi connectivity index (χ1n) is 4.90. The molecule has 1 aromatic carbocycles. The molecule has 0 aliphatic rings. The molecule has 0 amide bonds. The molecule has 0 atom stereocenters. The van der Waals surface area contributed by atoms with Crippen LogP contribution in [0.25, 0.3) is 0 Å². The van der Waals surface area contributed by atoms with E-state index in [4.69, 9.17) is 5.26 Å². The van der Waals surface area contributed by atoms with Gasteiger partial charge in [0, 0.05) is 7.05 Å². The summed E-state index contributed by atoms with van der Waals surface area (Å²) in [5.41, 5.74) is 1.44. The number of aromatic nitrogens is 3. The highest BCUT2D eigenvalue weighted by atomic mass is 15.5. The summed E-state index contributed by atoms with van der Waals surface area (Å²) in [5, 5.41) is 19.5. The van der Waals surface area contributed by atoms with Crippen molar-refractivity contribution >= 4 is 5.82 Å². The van der Waals surface area contributed by atoms with Gasteiger partial charge in [0.2, 0.25) is 5.69 Å². The molecule has 5 nitrogen and oxygen atoms in total. The fourth-order valence-corrected chi connectivity index (χ4v) is 1.50. The third-order valence-electron chi connectivity index (χ3n) is 2.25. The number of nitrogens with zero attached hydrogens (tertiary/aromatic N) is 4. The quantitative estimate of drug-likeness (QED) is 0.833. The van der Waals surface area contributed by atoms with Crippen LogP contribution in [0.3, 0.4) is 0 Å². The second kappa shape index (κ2) is 4.45. The molecule has 0 unspecified atom stereocenters. The minimum absolute atomic E-state index is 0.318. The van der Waals surface area contributed by atoms with Crippen LogP contribution in [0.4, 0.5) is 5.82 Å². The van der Waals surface area contributed by atoms with E-state index < -0.39 is 0 Å². The molecule has 1 aromatic heterocycles. The average molecular weight is 213 g/mol. The minimum atomic E-state index is 0.318. The molecule has 5 heteroatoms. The van der Waals surface area contributed by atoms with Crippen molar-refractivity contribution < 1.29 is 0 Å². The van der Waals surface area contributed by atoms with E-state index in [0.717, 1.165) is 5.56 Å². The topological polar surface area (TPSA) is 66.5 Å². The molecule has 0 fully saturated rings. The third kappa shape index (κ3) is 1.86. The van der Waals surface area contributed by atoms with Gasteiger partial charge in [0.1, 0.15) is 6.07 Å². The molecule has 0 spiro atoms. The van der Waals surface area contributed by atoms with Gasteiger partial charge in [-0.3, -0.25) is 0 Å². The number of hydrogen-bond acceptors (Lipinski definition) is 4. The standard InChI is InChI=1S/C11H11N5/c1-13-11-10(7-12)14-15-16(11)8-9-5-3-2-4-6-9/h2-6,13H,8H2,1H3. The van der Waals surface area contributed by atoms with Crippen LogP contribution in [-0.4, -0.2) is 22.0 Å². The van der Waals surface area contributed by atoms with Gasteiger partial charge in [-0.25, -0.2) is 4.68 Å². The van der Waals surface area contributed by atoms with Crippen molar-refractivity contribution in [2.75, 3.05) is 12.4 Å². The smallest absolute Gasteiger partial charge is 0.206 e. The zero-order chi connectivity index (χ0) is 11.4. The van der Waals surface area contributed by atoms with Gasteiger partial charge in [0.25, 0.3) is 0 Å². The summed E-state index contributed by atoms with van der Waals surface area (Å²) in [7, 11) is 1.75. The van der Waals surface area contributed by atoms with Gasteiger partial charge in [0.05, 0.1) is 6.54 Å². The van der Waals surface area contributed by atoms with E-state index >= 15 is 0 Å². The van der Waals surface area contributed by atoms with Gasteiger partial charge >= 0.3 is 0 Å². The number of benzene rings is 1. The average Bonchev–Trinajstić information content (AvgIpc) is 2.72. The Bertz CT molecular complexity index is 509. The predicted octanol–water partition coefficient (Wildman–Crippen LogP) is 1.24. The van der Waals surface area contributed by atoms with E-state index in [0.29, 0.717) is 18.1 Å². The van der Waals surface area contributed by atoms with Crippen LogP contribution >= 0.6 is 0 Å². The summed E-state index contributed by atoms with van der Waals surface area (Å²) >= 11 is 0. The number of anilines is 1. The maximum Gasteiger partial charge on any atom is 0.206 e. The summed E-state index contributed by atoms with van der Waals surface area (Å²) < 4.78 is 1.67. The van der Waals surface area contributed by atoms with Gasteiger partial charge in [-0.05, 0) is 5.56 Å². The molecular weight excluding hydrogens is 202 g/mol. The predicted molar refractivity (Wildman–Crippen MR) is 59.8 cm³/mol. The first-order chi connectivity index (χ1) is 7.85. The lowest BCUT2D eigenvalue weighted by atomic mass is 10.2. The molecule has 1 heterocycles. The Morgan fingerprint density at radius 1 is 1.38 bits per heavy atom. The Morgan fingerprint density at radius 2 is 2.12 bits per heavy atom. The van der Waals surface area contributed by atoms with Crippen LogP contribution < -0.4 is 5.32 Å². The molecule has 80 valence electrons. The maximum atomic E-state index is 8.82. The first kappa shape index (κ1) is 10.2. The molecule has 1 N–H and O–H groups in total. The molecule has 16 heavy (non-hydrogen) atoms. The zero-order valence-corrected chi connectivity index (χ0v) is 8.88. The van der Waals surface area contributed by atoms with E-state index in [1.54, 1.807) is 11.7 Å². The molecule has 0 radical (unpaired) electrons. The Labute approximate surface area is 93.3 Å². The van der Waals surface area contributed by atoms with Crippen molar-refractivity contribution in [1.29, 1.82) is 5.26 Å². The Morgan fingerprint density at radius 3 is 2.75 bits per heavy atom. The highest BCUT2D eigenvalue weighted by molar-refractivity contribution is 5.47. The summed E-state index contributed by atoms with van der Waals surface area (Å²) in [6.07, 6.45) is 0. The van der Waals surface area contributed by atoms with Gasteiger partial charge in [0.15, 0.2) is 5.82 Å². The van der Waals surface area contributed by atoms with Crippen molar-refractivity contribution in [3.8, 4) is 6.07 Å². The third-order valence-corrected chi connectivity index (χ3v) is 2.25. The van der Waals surface area contributed by atoms with Crippen LogP contribution in [0.15, 0.2) is 30.3 Å². The Kier molecular flexibility index (Phi) is 2.83. The molecule has 0 bridgehead atoms. The van der Waals surface area contributed by atoms with E-state index in [-0.39, 0.29) is 0 Å². The molecule has 2 rings (SSSR count). The highest BCUT2D eigenvalue weighted by Crippen LogP contribution is 2.12. The van der Waals surface area contributed by atoms with Crippen molar-refractivity contribution in [3.63, 3.8) is 0 Å². The van der Waals surface area contributed by atoms with Crippen molar-refractivity contribution in [3.05, 3.63) is 41.6 Å². The van der Waals surface area contributed by atoms with E-state index in [1.165, 1.54) is 0 Å². The number of nitrogens with one attached hydrogen (secondary N) is 1. The second-order valence-corrected chi connectivity index (χ2v) is 3.29. The maximum absolute atomic E-state index is 8.82.